The minimum atomic E-state index is -3.86. The van der Waals surface area contributed by atoms with E-state index in [0.717, 1.165) is 0 Å². The van der Waals surface area contributed by atoms with E-state index in [-0.39, 0.29) is 10.6 Å². The first-order valence-corrected chi connectivity index (χ1v) is 6.71. The summed E-state index contributed by atoms with van der Waals surface area (Å²) in [4.78, 5) is 4.01. The van der Waals surface area contributed by atoms with Gasteiger partial charge in [-0.1, -0.05) is 0 Å². The van der Waals surface area contributed by atoms with Crippen LogP contribution in [0.4, 0.5) is 0 Å². The zero-order valence-corrected chi connectivity index (χ0v) is 9.92. The molecule has 0 aliphatic heterocycles. The Balaban J connectivity index is 2.95. The van der Waals surface area contributed by atoms with Gasteiger partial charge in [0, 0.05) is 22.3 Å². The van der Waals surface area contributed by atoms with Crippen molar-refractivity contribution < 1.29 is 13.2 Å². The first kappa shape index (κ1) is 11.2. The van der Waals surface area contributed by atoms with Gasteiger partial charge in [0.25, 0.3) is 9.05 Å². The Morgan fingerprint density at radius 1 is 1.31 bits per heavy atom. The predicted molar refractivity (Wildman–Crippen MR) is 61.3 cm³/mol. The molecule has 4 nitrogen and oxygen atoms in total. The number of fused-ring (bicyclic) bond motifs is 1. The number of pyridine rings is 1. The molecule has 0 spiro atoms. The van der Waals surface area contributed by atoms with E-state index >= 15 is 0 Å². The Labute approximate surface area is 97.2 Å². The Bertz CT molecular complexity index is 640. The third-order valence-corrected chi connectivity index (χ3v) is 3.53. The quantitative estimate of drug-likeness (QED) is 0.774. The minimum absolute atomic E-state index is 0.0396. The Morgan fingerprint density at radius 2 is 2.06 bits per heavy atom. The topological polar surface area (TPSA) is 56.3 Å². The van der Waals surface area contributed by atoms with Crippen molar-refractivity contribution in [3.63, 3.8) is 0 Å². The molecule has 2 rings (SSSR count). The molecule has 0 atom stereocenters. The van der Waals surface area contributed by atoms with Crippen molar-refractivity contribution in [2.24, 2.45) is 0 Å². The van der Waals surface area contributed by atoms with E-state index in [4.69, 9.17) is 15.4 Å². The van der Waals surface area contributed by atoms with Crippen LogP contribution in [-0.2, 0) is 9.05 Å². The number of methoxy groups -OCH3 is 1. The van der Waals surface area contributed by atoms with Gasteiger partial charge in [-0.15, -0.1) is 0 Å². The summed E-state index contributed by atoms with van der Waals surface area (Å²) in [6, 6.07) is 6.50. The van der Waals surface area contributed by atoms with Crippen molar-refractivity contribution in [2.75, 3.05) is 7.11 Å². The van der Waals surface area contributed by atoms with Crippen LogP contribution in [0.5, 0.6) is 5.75 Å². The average Bonchev–Trinajstić information content (AvgIpc) is 2.26. The maximum Gasteiger partial charge on any atom is 0.265 e. The van der Waals surface area contributed by atoms with E-state index in [2.05, 4.69) is 4.98 Å². The van der Waals surface area contributed by atoms with Crippen molar-refractivity contribution in [1.82, 2.24) is 4.98 Å². The van der Waals surface area contributed by atoms with Crippen molar-refractivity contribution in [3.05, 3.63) is 30.5 Å². The lowest BCUT2D eigenvalue weighted by Crippen LogP contribution is -1.98. The SMILES string of the molecule is COc1ccc2ncccc2c1S(=O)(=O)Cl. The first-order chi connectivity index (χ1) is 7.54. The summed E-state index contributed by atoms with van der Waals surface area (Å²) in [5, 5.41) is 0.455. The molecule has 0 aliphatic carbocycles. The maximum absolute atomic E-state index is 11.5. The highest BCUT2D eigenvalue weighted by Gasteiger charge is 2.20. The van der Waals surface area contributed by atoms with Gasteiger partial charge in [-0.05, 0) is 24.3 Å². The molecule has 0 fully saturated rings. The van der Waals surface area contributed by atoms with Crippen LogP contribution in [0.2, 0.25) is 0 Å². The van der Waals surface area contributed by atoms with Crippen LogP contribution in [0.15, 0.2) is 35.4 Å². The van der Waals surface area contributed by atoms with Gasteiger partial charge in [-0.3, -0.25) is 4.98 Å². The molecule has 0 aliphatic rings. The molecular formula is C10H8ClNO3S. The van der Waals surface area contributed by atoms with Crippen LogP contribution >= 0.6 is 10.7 Å². The van der Waals surface area contributed by atoms with Crippen LogP contribution in [0.3, 0.4) is 0 Å². The largest absolute Gasteiger partial charge is 0.495 e. The summed E-state index contributed by atoms with van der Waals surface area (Å²) in [7, 11) is 2.91. The number of benzene rings is 1. The molecule has 0 N–H and O–H groups in total. The Morgan fingerprint density at radius 3 is 2.69 bits per heavy atom. The molecule has 0 saturated heterocycles. The third kappa shape index (κ3) is 1.83. The zero-order chi connectivity index (χ0) is 11.8. The summed E-state index contributed by atoms with van der Waals surface area (Å²) < 4.78 is 28.0. The van der Waals surface area contributed by atoms with Gasteiger partial charge in [0.2, 0.25) is 0 Å². The monoisotopic (exact) mass is 257 g/mol. The van der Waals surface area contributed by atoms with Crippen molar-refractivity contribution in [1.29, 1.82) is 0 Å². The summed E-state index contributed by atoms with van der Waals surface area (Å²) in [6.45, 7) is 0. The highest BCUT2D eigenvalue weighted by atomic mass is 35.7. The highest BCUT2D eigenvalue weighted by Crippen LogP contribution is 2.33. The summed E-state index contributed by atoms with van der Waals surface area (Å²) in [5.74, 6) is 0.218. The number of halogens is 1. The molecule has 0 unspecified atom stereocenters. The maximum atomic E-state index is 11.5. The van der Waals surface area contributed by atoms with Gasteiger partial charge < -0.3 is 4.74 Å². The fourth-order valence-corrected chi connectivity index (χ4v) is 2.82. The van der Waals surface area contributed by atoms with E-state index < -0.39 is 9.05 Å². The molecule has 2 aromatic rings. The smallest absolute Gasteiger partial charge is 0.265 e. The lowest BCUT2D eigenvalue weighted by atomic mass is 10.2. The van der Waals surface area contributed by atoms with Gasteiger partial charge in [-0.25, -0.2) is 8.42 Å². The molecule has 1 aromatic carbocycles. The Kier molecular flexibility index (Phi) is 2.73. The van der Waals surface area contributed by atoms with Gasteiger partial charge in [0.05, 0.1) is 12.6 Å². The van der Waals surface area contributed by atoms with E-state index in [1.54, 1.807) is 24.4 Å². The van der Waals surface area contributed by atoms with Gasteiger partial charge in [0.1, 0.15) is 10.6 Å². The van der Waals surface area contributed by atoms with Crippen LogP contribution in [0.25, 0.3) is 10.9 Å². The summed E-state index contributed by atoms with van der Waals surface area (Å²) in [6.07, 6.45) is 1.58. The summed E-state index contributed by atoms with van der Waals surface area (Å²) >= 11 is 0. The number of hydrogen-bond donors (Lipinski definition) is 0. The standard InChI is InChI=1S/C10H8ClNO3S/c1-15-9-5-4-8-7(3-2-6-12-8)10(9)16(11,13)14/h2-6H,1H3. The number of aromatic nitrogens is 1. The molecule has 1 aromatic heterocycles. The van der Waals surface area contributed by atoms with Crippen LogP contribution in [0.1, 0.15) is 0 Å². The predicted octanol–water partition coefficient (Wildman–Crippen LogP) is 2.17. The van der Waals surface area contributed by atoms with Gasteiger partial charge >= 0.3 is 0 Å². The molecule has 6 heteroatoms. The zero-order valence-electron chi connectivity index (χ0n) is 8.34. The van der Waals surface area contributed by atoms with Crippen LogP contribution in [-0.4, -0.2) is 20.5 Å². The molecule has 16 heavy (non-hydrogen) atoms. The van der Waals surface area contributed by atoms with Gasteiger partial charge in [0.15, 0.2) is 0 Å². The van der Waals surface area contributed by atoms with E-state index in [1.807, 2.05) is 0 Å². The number of ether oxygens (including phenoxy) is 1. The lowest BCUT2D eigenvalue weighted by molar-refractivity contribution is 0.404. The van der Waals surface area contributed by atoms with Gasteiger partial charge in [-0.2, -0.15) is 0 Å². The molecule has 0 amide bonds. The number of nitrogens with zero attached hydrogens (tertiary/aromatic N) is 1. The normalized spacial score (nSPS) is 11.6. The first-order valence-electron chi connectivity index (χ1n) is 4.40. The van der Waals surface area contributed by atoms with E-state index in [1.165, 1.54) is 13.2 Å². The molecule has 0 radical (unpaired) electrons. The molecule has 0 bridgehead atoms. The fourth-order valence-electron chi connectivity index (χ4n) is 1.52. The average molecular weight is 258 g/mol. The van der Waals surface area contributed by atoms with Crippen LogP contribution in [0, 0.1) is 0 Å². The number of hydrogen-bond acceptors (Lipinski definition) is 4. The lowest BCUT2D eigenvalue weighted by Gasteiger charge is -2.08. The van der Waals surface area contributed by atoms with Crippen LogP contribution < -0.4 is 4.74 Å². The van der Waals surface area contributed by atoms with Crippen molar-refractivity contribution >= 4 is 30.6 Å². The molecule has 1 heterocycles. The second-order valence-electron chi connectivity index (χ2n) is 3.10. The second kappa shape index (κ2) is 3.92. The van der Waals surface area contributed by atoms with Crippen molar-refractivity contribution in [2.45, 2.75) is 4.90 Å². The van der Waals surface area contributed by atoms with E-state index in [0.29, 0.717) is 10.9 Å². The molecule has 0 saturated carbocycles. The van der Waals surface area contributed by atoms with Crippen molar-refractivity contribution in [3.8, 4) is 5.75 Å². The third-order valence-electron chi connectivity index (χ3n) is 2.16. The summed E-state index contributed by atoms with van der Waals surface area (Å²) in [5.41, 5.74) is 0.558. The molecular weight excluding hydrogens is 250 g/mol. The highest BCUT2D eigenvalue weighted by molar-refractivity contribution is 8.14. The van der Waals surface area contributed by atoms with E-state index in [9.17, 15) is 8.42 Å². The Hall–Kier alpha value is -1.33. The number of rotatable bonds is 2. The minimum Gasteiger partial charge on any atom is -0.495 e. The second-order valence-corrected chi connectivity index (χ2v) is 5.61. The molecule has 84 valence electrons. The fraction of sp³-hybridized carbons (Fsp3) is 0.100.